The molecule has 0 aliphatic carbocycles. The molecule has 8 aliphatic heterocycles. The van der Waals surface area contributed by atoms with E-state index < -0.39 is 46.5 Å². The molecule has 31 heteroatoms. The number of nitrogens with zero attached hydrogens (tertiary/aromatic N) is 16. The van der Waals surface area contributed by atoms with Gasteiger partial charge in [-0.25, -0.2) is 59.9 Å². The smallest absolute Gasteiger partial charge is 0.506 e. The van der Waals surface area contributed by atoms with E-state index in [1.165, 1.54) is 0 Å². The van der Waals surface area contributed by atoms with Gasteiger partial charge in [0.1, 0.15) is 56.7 Å². The summed E-state index contributed by atoms with van der Waals surface area (Å²) in [6.45, 7) is 9.04. The number of hydrogen-bond acceptors (Lipinski definition) is 15. The second-order valence-corrected chi connectivity index (χ2v) is 39.9. The van der Waals surface area contributed by atoms with E-state index in [0.717, 1.165) is 98.0 Å². The Morgan fingerprint density at radius 2 is 0.403 bits per heavy atom. The van der Waals surface area contributed by atoms with Crippen molar-refractivity contribution in [3.8, 4) is 11.5 Å². The van der Waals surface area contributed by atoms with E-state index in [4.69, 9.17) is 71.6 Å². The summed E-state index contributed by atoms with van der Waals surface area (Å²) >= 11 is -6.42. The molecule has 0 spiro atoms. The molecular weight excluding hydrogens is 1590 g/mol. The number of alkyl halides is 8. The fourth-order valence-corrected chi connectivity index (χ4v) is 28.3. The number of aromatic nitrogens is 4. The fourth-order valence-electron chi connectivity index (χ4n) is 15.6. The SMILES string of the molecule is CF.CF.CF.CF.CF.CF.CF.CF.C[Si](C)([O][Al]1[n]2c3c4ccccc4c2N=C2N=C(N=c4c5ccccc5c([n]41)=NC1=NC(=N3)c3ccccc31)c1ccccc12)c1ccc(Oc2ccc([Si](C)(C)[O][Al]3[n]4c5c6ccccc6c4N=C4N=C(N=c6c7ccccc7c([n]63)=NC3=NC(=N5)c5ccccc53)c3ccccc34)cc2)cc1. The van der Waals surface area contributed by atoms with Gasteiger partial charge in [0, 0.05) is 87.6 Å². The van der Waals surface area contributed by atoms with Gasteiger partial charge in [-0.15, -0.1) is 0 Å². The van der Waals surface area contributed by atoms with Gasteiger partial charge in [0.15, 0.2) is 63.3 Å². The third-order valence-corrected chi connectivity index (χ3v) is 34.2. The molecule has 0 radical (unpaired) electrons. The number of hydrogen-bond donors (Lipinski definition) is 0. The van der Waals surface area contributed by atoms with Gasteiger partial charge in [-0.05, 0) is 60.8 Å². The van der Waals surface area contributed by atoms with Crippen molar-refractivity contribution < 1.29 is 46.8 Å². The lowest BCUT2D eigenvalue weighted by Gasteiger charge is -2.30. The Morgan fingerprint density at radius 3 is 0.613 bits per heavy atom. The topological polar surface area (TPSA) is 196 Å². The van der Waals surface area contributed by atoms with Gasteiger partial charge in [0.05, 0.1) is 57.4 Å². The van der Waals surface area contributed by atoms with Crippen molar-refractivity contribution in [3.63, 3.8) is 0 Å². The van der Waals surface area contributed by atoms with Crippen LogP contribution in [0.5, 0.6) is 11.5 Å². The van der Waals surface area contributed by atoms with Crippen LogP contribution in [0.2, 0.25) is 26.2 Å². The van der Waals surface area contributed by atoms with Crippen molar-refractivity contribution in [2.75, 3.05) is 57.4 Å². The molecule has 14 aromatic rings. The molecule has 0 N–H and O–H groups in total. The Labute approximate surface area is 690 Å². The van der Waals surface area contributed by atoms with Crippen molar-refractivity contribution in [2.24, 2.45) is 59.9 Å². The van der Waals surface area contributed by atoms with E-state index in [0.29, 0.717) is 161 Å². The Morgan fingerprint density at radius 1 is 0.218 bits per heavy atom. The van der Waals surface area contributed by atoms with Gasteiger partial charge in [-0.3, -0.25) is 35.1 Å². The molecule has 0 amide bonds. The van der Waals surface area contributed by atoms with Crippen molar-refractivity contribution in [1.29, 1.82) is 0 Å². The second-order valence-electron chi connectivity index (χ2n) is 27.4. The van der Waals surface area contributed by atoms with Gasteiger partial charge in [-0.1, -0.05) is 218 Å². The minimum Gasteiger partial charge on any atom is -0.506 e. The third-order valence-electron chi connectivity index (χ3n) is 20.7. The van der Waals surface area contributed by atoms with Crippen molar-refractivity contribution >= 4 is 170 Å². The van der Waals surface area contributed by atoms with Gasteiger partial charge < -0.3 is 25.9 Å². The Kier molecular flexibility index (Phi) is 24.7. The van der Waals surface area contributed by atoms with E-state index >= 15 is 0 Å². The highest BCUT2D eigenvalue weighted by molar-refractivity contribution is 6.89. The summed E-state index contributed by atoms with van der Waals surface area (Å²) in [5.41, 5.74) is 9.99. The molecule has 0 fully saturated rings. The van der Waals surface area contributed by atoms with Gasteiger partial charge >= 0.3 is 29.8 Å². The summed E-state index contributed by atoms with van der Waals surface area (Å²) in [7, 11) is -2.01. The van der Waals surface area contributed by atoms with Crippen LogP contribution in [0, 0.1) is 0 Å². The molecule has 8 aliphatic rings. The second kappa shape index (κ2) is 35.4. The number of ether oxygens (including phenoxy) is 1. The zero-order chi connectivity index (χ0) is 84.1. The first-order valence-electron chi connectivity index (χ1n) is 37.3. The molecule has 0 unspecified atom stereocenters. The first-order chi connectivity index (χ1) is 58.5. The zero-order valence-corrected chi connectivity index (χ0v) is 71.0. The number of benzene rings is 10. The van der Waals surface area contributed by atoms with Crippen LogP contribution in [0.1, 0.15) is 44.5 Å². The van der Waals surface area contributed by atoms with E-state index in [1.807, 2.05) is 72.8 Å². The standard InChI is InChI=1S/2C32H16N8.C16H20O3Si2.8CH3F.2Al/c2*1-2-10-18-17(9-1)25-33-26(18)38-28-21-13-5-6-14-22(21)30(35-28)40-32-24-16-8-7-15-23(24)31(36-32)39-29-20-12-4-3-11-19(20)27(34-29)37-25;1-20(2,17)15-9-5-13(6-10-15)19-14-7-11-16(12-8-14)21(3,4)18;8*1-2;;/h2*1-16H;5-12H,1-4H3;8*1H3;;/q3*-2;;;;;;;;;2*+3. The van der Waals surface area contributed by atoms with E-state index in [9.17, 15) is 35.1 Å². The van der Waals surface area contributed by atoms with Crippen LogP contribution < -0.4 is 37.1 Å². The zero-order valence-electron chi connectivity index (χ0n) is 66.7. The molecule has 22 rings (SSSR count). The number of aliphatic imine (C=N–C) groups is 8. The lowest BCUT2D eigenvalue weighted by Crippen LogP contribution is -2.57. The van der Waals surface area contributed by atoms with Crippen LogP contribution in [0.25, 0.3) is 43.1 Å². The molecule has 12 heterocycles. The molecule has 596 valence electrons. The summed E-state index contributed by atoms with van der Waals surface area (Å²) in [6.07, 6.45) is 0. The average molecular weight is 1670 g/mol. The Bertz CT molecular complexity index is 6120. The molecule has 12 bridgehead atoms. The maximum absolute atomic E-state index is 9.50. The van der Waals surface area contributed by atoms with Crippen LogP contribution in [0.3, 0.4) is 0 Å². The summed E-state index contributed by atoms with van der Waals surface area (Å²) in [5, 5.41) is 9.46. The molecule has 4 aromatic heterocycles. The third kappa shape index (κ3) is 14.3. The first kappa shape index (κ1) is 83.1. The summed E-state index contributed by atoms with van der Waals surface area (Å²) < 4.78 is 108. The number of amidine groups is 8. The van der Waals surface area contributed by atoms with Gasteiger partial charge in [0.2, 0.25) is 0 Å². The molecule has 19 nitrogen and oxygen atoms in total. The number of halogens is 8. The van der Waals surface area contributed by atoms with E-state index in [2.05, 4.69) is 210 Å². The van der Waals surface area contributed by atoms with Crippen LogP contribution in [-0.4, -0.2) is 165 Å². The highest BCUT2D eigenvalue weighted by Crippen LogP contribution is 2.44. The quantitative estimate of drug-likeness (QED) is 0.108. The minimum atomic E-state index is -3.21. The van der Waals surface area contributed by atoms with Crippen LogP contribution in [0.15, 0.2) is 303 Å². The maximum Gasteiger partial charge on any atom is 0.798 e. The number of fused-ring (bicyclic) bond motifs is 28. The highest BCUT2D eigenvalue weighted by Gasteiger charge is 2.49. The predicted octanol–water partition coefficient (Wildman–Crippen LogP) is 16.9. The monoisotopic (exact) mass is 1670 g/mol. The Balaban J connectivity index is 0.000000688. The summed E-state index contributed by atoms with van der Waals surface area (Å²) in [6, 6.07) is 83.0. The first-order valence-corrected chi connectivity index (χ1v) is 46.1. The molecule has 10 aromatic carbocycles. The molecule has 0 saturated carbocycles. The van der Waals surface area contributed by atoms with Crippen LogP contribution in [-0.2, 0) is 6.96 Å². The fraction of sp³-hybridized carbons (Fsp3) is 0.136. The Hall–Kier alpha value is -12.4. The van der Waals surface area contributed by atoms with Crippen LogP contribution in [0.4, 0.5) is 58.4 Å². The number of rotatable bonds is 8. The molecule has 0 atom stereocenters. The summed E-state index contributed by atoms with van der Waals surface area (Å²) in [5.74, 6) is 8.73. The maximum atomic E-state index is 9.50. The van der Waals surface area contributed by atoms with E-state index in [-0.39, 0.29) is 0 Å². The van der Waals surface area contributed by atoms with Gasteiger partial charge in [-0.2, -0.15) is 0 Å². The van der Waals surface area contributed by atoms with Crippen molar-refractivity contribution in [3.05, 3.63) is 309 Å². The van der Waals surface area contributed by atoms with Crippen molar-refractivity contribution in [2.45, 2.75) is 26.2 Å². The summed E-state index contributed by atoms with van der Waals surface area (Å²) in [4.78, 5) is 65.6. The van der Waals surface area contributed by atoms with E-state index in [1.54, 1.807) is 0 Å². The van der Waals surface area contributed by atoms with Gasteiger partial charge in [0.25, 0.3) is 0 Å². The normalized spacial score (nSPS) is 13.7. The predicted molar refractivity (Wildman–Crippen MR) is 468 cm³/mol. The largest absolute Gasteiger partial charge is 0.798 e. The van der Waals surface area contributed by atoms with Crippen molar-refractivity contribution in [1.82, 2.24) is 14.2 Å². The average Bonchev–Trinajstić information content (AvgIpc) is 1.56. The lowest BCUT2D eigenvalue weighted by molar-refractivity contribution is 0.483. The lowest BCUT2D eigenvalue weighted by atomic mass is 10.1. The molecular formula is C88H76Al2F8N16O3Si2. The van der Waals surface area contributed by atoms with Crippen LogP contribution >= 0.6 is 0 Å². The highest BCUT2D eigenvalue weighted by atomic mass is 28.4. The minimum absolute atomic E-state index is 0.500. The molecule has 119 heavy (non-hydrogen) atoms. The molecule has 0 saturated heterocycles.